The first kappa shape index (κ1) is 11.9. The summed E-state index contributed by atoms with van der Waals surface area (Å²) in [6.07, 6.45) is -1.80. The van der Waals surface area contributed by atoms with Gasteiger partial charge in [0.1, 0.15) is 0 Å². The fourth-order valence-corrected chi connectivity index (χ4v) is 1.43. The van der Waals surface area contributed by atoms with Crippen molar-refractivity contribution in [2.24, 2.45) is 0 Å². The molecule has 6 nitrogen and oxygen atoms in total. The van der Waals surface area contributed by atoms with Crippen molar-refractivity contribution >= 4 is 11.8 Å². The van der Waals surface area contributed by atoms with E-state index in [2.05, 4.69) is 10.6 Å². The SMILES string of the molecule is CNC(=O)[C@H]1OC(C)(C)O[C@H]1C(=O)NC. The molecule has 0 saturated carbocycles. The standard InChI is InChI=1S/C9H16N2O4/c1-9(2)14-5(7(12)10-3)6(15-9)8(13)11-4/h5-6H,1-4H3,(H,10,12)(H,11,13)/t5-,6+. The third kappa shape index (κ3) is 2.45. The van der Waals surface area contributed by atoms with Crippen LogP contribution in [-0.4, -0.2) is 43.9 Å². The molecule has 1 saturated heterocycles. The lowest BCUT2D eigenvalue weighted by Crippen LogP contribution is -2.46. The molecule has 0 aliphatic carbocycles. The van der Waals surface area contributed by atoms with E-state index in [4.69, 9.17) is 9.47 Å². The minimum Gasteiger partial charge on any atom is -0.357 e. The average molecular weight is 216 g/mol. The molecule has 2 N–H and O–H groups in total. The van der Waals surface area contributed by atoms with Gasteiger partial charge >= 0.3 is 0 Å². The Morgan fingerprint density at radius 2 is 1.33 bits per heavy atom. The Labute approximate surface area is 88.3 Å². The number of hydrogen-bond donors (Lipinski definition) is 2. The maximum Gasteiger partial charge on any atom is 0.252 e. The van der Waals surface area contributed by atoms with Gasteiger partial charge in [-0.15, -0.1) is 0 Å². The molecule has 2 atom stereocenters. The van der Waals surface area contributed by atoms with E-state index < -0.39 is 18.0 Å². The summed E-state index contributed by atoms with van der Waals surface area (Å²) in [5.74, 6) is -1.66. The molecule has 0 aromatic heterocycles. The van der Waals surface area contributed by atoms with Crippen molar-refractivity contribution < 1.29 is 19.1 Å². The molecule has 0 spiro atoms. The van der Waals surface area contributed by atoms with Gasteiger partial charge in [-0.25, -0.2) is 0 Å². The predicted molar refractivity (Wildman–Crippen MR) is 52.0 cm³/mol. The second-order valence-corrected chi connectivity index (χ2v) is 3.71. The highest BCUT2D eigenvalue weighted by Crippen LogP contribution is 2.28. The molecule has 0 bridgehead atoms. The third-order valence-corrected chi connectivity index (χ3v) is 2.11. The molecule has 1 aliphatic heterocycles. The van der Waals surface area contributed by atoms with Crippen LogP contribution >= 0.6 is 0 Å². The van der Waals surface area contributed by atoms with Gasteiger partial charge in [-0.3, -0.25) is 9.59 Å². The number of carbonyl (C=O) groups is 2. The van der Waals surface area contributed by atoms with Crippen LogP contribution < -0.4 is 10.6 Å². The zero-order chi connectivity index (χ0) is 11.6. The molecule has 0 aromatic rings. The van der Waals surface area contributed by atoms with Crippen LogP contribution in [0.5, 0.6) is 0 Å². The zero-order valence-corrected chi connectivity index (χ0v) is 9.29. The van der Waals surface area contributed by atoms with Crippen molar-refractivity contribution in [2.45, 2.75) is 31.8 Å². The van der Waals surface area contributed by atoms with Crippen molar-refractivity contribution in [1.29, 1.82) is 0 Å². The van der Waals surface area contributed by atoms with Gasteiger partial charge in [-0.1, -0.05) is 0 Å². The molecule has 0 aromatic carbocycles. The maximum atomic E-state index is 11.4. The number of ether oxygens (including phenoxy) is 2. The number of nitrogens with one attached hydrogen (secondary N) is 2. The fourth-order valence-electron chi connectivity index (χ4n) is 1.43. The molecule has 6 heteroatoms. The van der Waals surface area contributed by atoms with E-state index in [-0.39, 0.29) is 11.8 Å². The van der Waals surface area contributed by atoms with Gasteiger partial charge < -0.3 is 20.1 Å². The Bertz CT molecular complexity index is 251. The number of hydrogen-bond acceptors (Lipinski definition) is 4. The number of likely N-dealkylation sites (N-methyl/N-ethyl adjacent to an activating group) is 2. The summed E-state index contributed by atoms with van der Waals surface area (Å²) < 4.78 is 10.7. The van der Waals surface area contributed by atoms with E-state index in [0.717, 1.165) is 0 Å². The van der Waals surface area contributed by atoms with E-state index in [9.17, 15) is 9.59 Å². The molecule has 1 rings (SSSR count). The topological polar surface area (TPSA) is 76.7 Å². The largest absolute Gasteiger partial charge is 0.357 e. The van der Waals surface area contributed by atoms with E-state index in [1.54, 1.807) is 13.8 Å². The quantitative estimate of drug-likeness (QED) is 0.620. The summed E-state index contributed by atoms with van der Waals surface area (Å²) in [5, 5.41) is 4.86. The maximum absolute atomic E-state index is 11.4. The highest BCUT2D eigenvalue weighted by molar-refractivity contribution is 5.91. The van der Waals surface area contributed by atoms with Crippen molar-refractivity contribution in [3.63, 3.8) is 0 Å². The van der Waals surface area contributed by atoms with Gasteiger partial charge in [0, 0.05) is 14.1 Å². The lowest BCUT2D eigenvalue weighted by Gasteiger charge is -2.16. The summed E-state index contributed by atoms with van der Waals surface area (Å²) in [6.45, 7) is 3.32. The third-order valence-electron chi connectivity index (χ3n) is 2.11. The van der Waals surface area contributed by atoms with Crippen molar-refractivity contribution in [3.05, 3.63) is 0 Å². The summed E-state index contributed by atoms with van der Waals surface area (Å²) in [6, 6.07) is 0. The van der Waals surface area contributed by atoms with Gasteiger partial charge in [0.15, 0.2) is 18.0 Å². The molecule has 1 heterocycles. The lowest BCUT2D eigenvalue weighted by molar-refractivity contribution is -0.159. The van der Waals surface area contributed by atoms with Crippen LogP contribution in [0.2, 0.25) is 0 Å². The molecule has 15 heavy (non-hydrogen) atoms. The first-order chi connectivity index (χ1) is 6.91. The fraction of sp³-hybridized carbons (Fsp3) is 0.778. The molecule has 2 amide bonds. The molecule has 0 radical (unpaired) electrons. The van der Waals surface area contributed by atoms with E-state index in [1.807, 2.05) is 0 Å². The molecular weight excluding hydrogens is 200 g/mol. The Balaban J connectivity index is 2.83. The van der Waals surface area contributed by atoms with Crippen molar-refractivity contribution in [2.75, 3.05) is 14.1 Å². The second-order valence-electron chi connectivity index (χ2n) is 3.71. The molecule has 1 aliphatic rings. The Hall–Kier alpha value is -1.14. The van der Waals surface area contributed by atoms with Crippen molar-refractivity contribution in [1.82, 2.24) is 10.6 Å². The van der Waals surface area contributed by atoms with Gasteiger partial charge in [0.05, 0.1) is 0 Å². The van der Waals surface area contributed by atoms with E-state index >= 15 is 0 Å². The van der Waals surface area contributed by atoms with Crippen LogP contribution in [0.4, 0.5) is 0 Å². The molecule has 0 unspecified atom stereocenters. The number of carbonyl (C=O) groups excluding carboxylic acids is 2. The van der Waals surface area contributed by atoms with Gasteiger partial charge in [0.2, 0.25) is 0 Å². The van der Waals surface area contributed by atoms with Gasteiger partial charge in [-0.2, -0.15) is 0 Å². The predicted octanol–water partition coefficient (Wildman–Crippen LogP) is -1.00. The van der Waals surface area contributed by atoms with Crippen molar-refractivity contribution in [3.8, 4) is 0 Å². The van der Waals surface area contributed by atoms with Crippen LogP contribution in [0.25, 0.3) is 0 Å². The minimum atomic E-state index is -0.922. The zero-order valence-electron chi connectivity index (χ0n) is 9.29. The summed E-state index contributed by atoms with van der Waals surface area (Å²) in [7, 11) is 2.97. The monoisotopic (exact) mass is 216 g/mol. The van der Waals surface area contributed by atoms with Gasteiger partial charge in [-0.05, 0) is 13.8 Å². The van der Waals surface area contributed by atoms with E-state index in [1.165, 1.54) is 14.1 Å². The van der Waals surface area contributed by atoms with Crippen LogP contribution in [0, 0.1) is 0 Å². The minimum absolute atomic E-state index is 0.367. The molecule has 1 fully saturated rings. The van der Waals surface area contributed by atoms with E-state index in [0.29, 0.717) is 0 Å². The normalized spacial score (nSPS) is 28.5. The smallest absolute Gasteiger partial charge is 0.252 e. The average Bonchev–Trinajstić information content (AvgIpc) is 2.52. The van der Waals surface area contributed by atoms with Crippen LogP contribution in [-0.2, 0) is 19.1 Å². The first-order valence-electron chi connectivity index (χ1n) is 4.70. The molecule has 86 valence electrons. The number of amides is 2. The summed E-state index contributed by atoms with van der Waals surface area (Å²) in [4.78, 5) is 22.9. The second kappa shape index (κ2) is 4.16. The Morgan fingerprint density at radius 3 is 1.60 bits per heavy atom. The Morgan fingerprint density at radius 1 is 1.00 bits per heavy atom. The number of rotatable bonds is 2. The van der Waals surface area contributed by atoms with Crippen LogP contribution in [0.3, 0.4) is 0 Å². The van der Waals surface area contributed by atoms with Gasteiger partial charge in [0.25, 0.3) is 11.8 Å². The summed E-state index contributed by atoms with van der Waals surface area (Å²) >= 11 is 0. The Kier molecular flexibility index (Phi) is 3.31. The highest BCUT2D eigenvalue weighted by Gasteiger charge is 2.48. The lowest BCUT2D eigenvalue weighted by atomic mass is 10.2. The summed E-state index contributed by atoms with van der Waals surface area (Å²) in [5.41, 5.74) is 0. The molecular formula is C9H16N2O4. The van der Waals surface area contributed by atoms with Crippen LogP contribution in [0.15, 0.2) is 0 Å². The van der Waals surface area contributed by atoms with Crippen LogP contribution in [0.1, 0.15) is 13.8 Å². The first-order valence-corrected chi connectivity index (χ1v) is 4.70. The highest BCUT2D eigenvalue weighted by atomic mass is 16.8.